The van der Waals surface area contributed by atoms with E-state index in [0.717, 1.165) is 4.47 Å². The quantitative estimate of drug-likeness (QED) is 0.517. The third kappa shape index (κ3) is 5.41. The Hall–Kier alpha value is -2.68. The first-order valence-electron chi connectivity index (χ1n) is 8.31. The molecule has 8 heteroatoms. The summed E-state index contributed by atoms with van der Waals surface area (Å²) in [7, 11) is -3.61. The zero-order valence-corrected chi connectivity index (χ0v) is 17.0. The number of hydrogen-bond donors (Lipinski definition) is 2. The van der Waals surface area contributed by atoms with Gasteiger partial charge in [-0.05, 0) is 58.4 Å². The molecule has 0 atom stereocenters. The Morgan fingerprint density at radius 3 is 2.46 bits per heavy atom. The number of nitrogens with one attached hydrogen (secondary N) is 2. The van der Waals surface area contributed by atoms with Crippen LogP contribution >= 0.6 is 15.9 Å². The van der Waals surface area contributed by atoms with Crippen molar-refractivity contribution in [2.45, 2.75) is 11.4 Å². The Morgan fingerprint density at radius 2 is 1.71 bits per heavy atom. The topological polar surface area (TPSA) is 88.4 Å². The molecule has 1 heterocycles. The van der Waals surface area contributed by atoms with E-state index in [4.69, 9.17) is 4.42 Å². The van der Waals surface area contributed by atoms with Gasteiger partial charge in [-0.15, -0.1) is 0 Å². The van der Waals surface area contributed by atoms with Crippen molar-refractivity contribution in [2.75, 3.05) is 5.32 Å². The molecule has 0 radical (unpaired) electrons. The highest BCUT2D eigenvalue weighted by Crippen LogP contribution is 2.21. The Labute approximate surface area is 171 Å². The van der Waals surface area contributed by atoms with E-state index < -0.39 is 10.0 Å². The third-order valence-electron chi connectivity index (χ3n) is 3.70. The van der Waals surface area contributed by atoms with Crippen molar-refractivity contribution < 1.29 is 17.6 Å². The van der Waals surface area contributed by atoms with Gasteiger partial charge in [0.05, 0.1) is 17.1 Å². The molecule has 0 aliphatic rings. The zero-order chi connectivity index (χ0) is 20.0. The van der Waals surface area contributed by atoms with E-state index in [1.165, 1.54) is 24.3 Å². The van der Waals surface area contributed by atoms with Crippen LogP contribution in [-0.2, 0) is 21.4 Å². The molecule has 1 amide bonds. The molecule has 0 saturated carbocycles. The van der Waals surface area contributed by atoms with Crippen LogP contribution in [0.5, 0.6) is 0 Å². The minimum Gasteiger partial charge on any atom is -0.460 e. The molecule has 144 valence electrons. The molecular weight excluding hydrogens is 444 g/mol. The fraction of sp³-hybridized carbons (Fsp3) is 0.0500. The maximum atomic E-state index is 12.2. The summed E-state index contributed by atoms with van der Waals surface area (Å²) < 4.78 is 33.2. The number of carbonyl (C=O) groups is 1. The van der Waals surface area contributed by atoms with E-state index in [2.05, 4.69) is 26.0 Å². The van der Waals surface area contributed by atoms with Crippen molar-refractivity contribution in [3.05, 3.63) is 88.8 Å². The molecule has 0 unspecified atom stereocenters. The summed E-state index contributed by atoms with van der Waals surface area (Å²) in [5, 5.41) is 2.74. The van der Waals surface area contributed by atoms with Gasteiger partial charge in [0.25, 0.3) is 0 Å². The molecule has 6 nitrogen and oxygen atoms in total. The smallest absolute Gasteiger partial charge is 0.248 e. The molecule has 0 aliphatic carbocycles. The van der Waals surface area contributed by atoms with E-state index in [-0.39, 0.29) is 17.3 Å². The molecule has 3 aromatic rings. The van der Waals surface area contributed by atoms with Gasteiger partial charge in [-0.2, -0.15) is 0 Å². The maximum absolute atomic E-state index is 12.2. The first-order valence-corrected chi connectivity index (χ1v) is 10.6. The summed E-state index contributed by atoms with van der Waals surface area (Å²) in [6, 6.07) is 18.7. The number of anilines is 1. The highest BCUT2D eigenvalue weighted by molar-refractivity contribution is 9.10. The normalized spacial score (nSPS) is 11.6. The van der Waals surface area contributed by atoms with E-state index in [1.807, 2.05) is 18.2 Å². The van der Waals surface area contributed by atoms with Gasteiger partial charge in [0.2, 0.25) is 15.9 Å². The second-order valence-corrected chi connectivity index (χ2v) is 8.37. The fourth-order valence-corrected chi connectivity index (χ4v) is 3.72. The van der Waals surface area contributed by atoms with E-state index in [9.17, 15) is 13.2 Å². The number of amides is 1. The first kappa shape index (κ1) is 20.1. The van der Waals surface area contributed by atoms with Crippen LogP contribution in [-0.4, -0.2) is 14.3 Å². The molecule has 2 N–H and O–H groups in total. The molecular formula is C20H17BrN2O4S. The van der Waals surface area contributed by atoms with Crippen LogP contribution in [0.3, 0.4) is 0 Å². The zero-order valence-electron chi connectivity index (χ0n) is 14.6. The van der Waals surface area contributed by atoms with Crippen LogP contribution in [0.25, 0.3) is 6.08 Å². The van der Waals surface area contributed by atoms with Gasteiger partial charge >= 0.3 is 0 Å². The number of halogens is 1. The van der Waals surface area contributed by atoms with E-state index >= 15 is 0 Å². The standard InChI is InChI=1S/C20H17BrN2O4S/c21-18-8-4-5-9-19(18)23-20(24)13-12-15-10-11-16(27-15)14-22-28(25,26)17-6-2-1-3-7-17/h1-13,22H,14H2,(H,23,24)/b13-12+. The van der Waals surface area contributed by atoms with Crippen LogP contribution in [0, 0.1) is 0 Å². The number of rotatable bonds is 7. The van der Waals surface area contributed by atoms with Gasteiger partial charge < -0.3 is 9.73 Å². The van der Waals surface area contributed by atoms with Gasteiger partial charge in [0.1, 0.15) is 11.5 Å². The average molecular weight is 461 g/mol. The fourth-order valence-electron chi connectivity index (χ4n) is 2.32. The molecule has 0 fully saturated rings. The molecule has 0 saturated heterocycles. The summed E-state index contributed by atoms with van der Waals surface area (Å²) in [5.41, 5.74) is 0.660. The van der Waals surface area contributed by atoms with Crippen molar-refractivity contribution >= 4 is 43.6 Å². The Morgan fingerprint density at radius 1 is 1.00 bits per heavy atom. The predicted molar refractivity (Wildman–Crippen MR) is 111 cm³/mol. The average Bonchev–Trinajstić information content (AvgIpc) is 3.15. The Bertz CT molecular complexity index is 1090. The van der Waals surface area contributed by atoms with Crippen molar-refractivity contribution in [2.24, 2.45) is 0 Å². The number of hydrogen-bond acceptors (Lipinski definition) is 4. The van der Waals surface area contributed by atoms with Gasteiger partial charge in [-0.25, -0.2) is 13.1 Å². The number of para-hydroxylation sites is 1. The lowest BCUT2D eigenvalue weighted by atomic mass is 10.3. The minimum atomic E-state index is -3.61. The van der Waals surface area contributed by atoms with Gasteiger partial charge in [0.15, 0.2) is 0 Å². The van der Waals surface area contributed by atoms with Gasteiger partial charge in [-0.1, -0.05) is 30.3 Å². The molecule has 3 rings (SSSR count). The number of furan rings is 1. The summed E-state index contributed by atoms with van der Waals surface area (Å²) in [6.45, 7) is 0.00816. The highest BCUT2D eigenvalue weighted by atomic mass is 79.9. The highest BCUT2D eigenvalue weighted by Gasteiger charge is 2.13. The molecule has 1 aromatic heterocycles. The second-order valence-electron chi connectivity index (χ2n) is 5.74. The molecule has 2 aromatic carbocycles. The van der Waals surface area contributed by atoms with Crippen molar-refractivity contribution in [1.82, 2.24) is 4.72 Å². The Balaban J connectivity index is 1.57. The third-order valence-corrected chi connectivity index (χ3v) is 5.81. The van der Waals surface area contributed by atoms with Crippen molar-refractivity contribution in [3.8, 4) is 0 Å². The Kier molecular flexibility index (Phi) is 6.45. The maximum Gasteiger partial charge on any atom is 0.248 e. The second kappa shape index (κ2) is 9.01. The van der Waals surface area contributed by atoms with Crippen LogP contribution in [0.4, 0.5) is 5.69 Å². The van der Waals surface area contributed by atoms with E-state index in [0.29, 0.717) is 17.2 Å². The number of sulfonamides is 1. The monoisotopic (exact) mass is 460 g/mol. The van der Waals surface area contributed by atoms with Crippen molar-refractivity contribution in [3.63, 3.8) is 0 Å². The lowest BCUT2D eigenvalue weighted by Gasteiger charge is -2.04. The molecule has 0 spiro atoms. The van der Waals surface area contributed by atoms with Gasteiger partial charge in [-0.3, -0.25) is 4.79 Å². The summed E-state index contributed by atoms with van der Waals surface area (Å²) in [4.78, 5) is 12.2. The summed E-state index contributed by atoms with van der Waals surface area (Å²) in [6.07, 6.45) is 2.86. The van der Waals surface area contributed by atoms with Gasteiger partial charge in [0, 0.05) is 10.5 Å². The number of carbonyl (C=O) groups excluding carboxylic acids is 1. The lowest BCUT2D eigenvalue weighted by Crippen LogP contribution is -2.22. The van der Waals surface area contributed by atoms with E-state index in [1.54, 1.807) is 36.4 Å². The largest absolute Gasteiger partial charge is 0.460 e. The predicted octanol–water partition coefficient (Wildman–Crippen LogP) is 4.17. The summed E-state index contributed by atoms with van der Waals surface area (Å²) in [5.74, 6) is 0.566. The molecule has 0 bridgehead atoms. The number of benzene rings is 2. The van der Waals surface area contributed by atoms with Crippen LogP contribution in [0.15, 0.2) is 86.6 Å². The van der Waals surface area contributed by atoms with Crippen LogP contribution in [0.1, 0.15) is 11.5 Å². The SMILES string of the molecule is O=C(/C=C/c1ccc(CNS(=O)(=O)c2ccccc2)o1)Nc1ccccc1Br. The van der Waals surface area contributed by atoms with Crippen LogP contribution in [0.2, 0.25) is 0 Å². The molecule has 28 heavy (non-hydrogen) atoms. The molecule has 0 aliphatic heterocycles. The lowest BCUT2D eigenvalue weighted by molar-refractivity contribution is -0.111. The minimum absolute atomic E-state index is 0.00816. The summed E-state index contributed by atoms with van der Waals surface area (Å²) >= 11 is 3.36. The van der Waals surface area contributed by atoms with Crippen molar-refractivity contribution in [1.29, 1.82) is 0 Å². The first-order chi connectivity index (χ1) is 13.4. The van der Waals surface area contributed by atoms with Crippen LogP contribution < -0.4 is 10.0 Å².